The van der Waals surface area contributed by atoms with Gasteiger partial charge in [-0.1, -0.05) is 0 Å². The van der Waals surface area contributed by atoms with Crippen molar-refractivity contribution in [3.8, 4) is 0 Å². The van der Waals surface area contributed by atoms with Gasteiger partial charge in [0.15, 0.2) is 0 Å². The van der Waals surface area contributed by atoms with Crippen LogP contribution in [0.1, 0.15) is 19.3 Å². The molecule has 176 valence electrons. The van der Waals surface area contributed by atoms with Crippen molar-refractivity contribution in [2.45, 2.75) is 36.1 Å². The Morgan fingerprint density at radius 3 is 2.20 bits per heavy atom. The van der Waals surface area contributed by atoms with Crippen LogP contribution in [0.3, 0.4) is 0 Å². The molecule has 0 aromatic carbocycles. The SMILES string of the molecule is O=C1OCCCC1N1CCN(S(=O)(=O)C(F)(F)CCS(=O)(=O)NSC(F)(F)F)CC1. The summed E-state index contributed by atoms with van der Waals surface area (Å²) < 4.78 is 118. The minimum absolute atomic E-state index is 0.00282. The monoisotopic (exact) mass is 505 g/mol. The van der Waals surface area contributed by atoms with Gasteiger partial charge in [0, 0.05) is 44.5 Å². The number of cyclic esters (lactones) is 1. The van der Waals surface area contributed by atoms with Gasteiger partial charge in [-0.3, -0.25) is 9.69 Å². The lowest BCUT2D eigenvalue weighted by atomic mass is 10.1. The Kier molecular flexibility index (Phi) is 7.99. The number of carbonyl (C=O) groups is 1. The predicted octanol–water partition coefficient (Wildman–Crippen LogP) is 0.710. The van der Waals surface area contributed by atoms with Crippen LogP contribution in [0.5, 0.6) is 0 Å². The highest BCUT2D eigenvalue weighted by Gasteiger charge is 2.50. The number of sulfonamides is 2. The number of esters is 1. The molecule has 2 aliphatic heterocycles. The fourth-order valence-electron chi connectivity index (χ4n) is 2.97. The van der Waals surface area contributed by atoms with E-state index in [4.69, 9.17) is 4.74 Å². The summed E-state index contributed by atoms with van der Waals surface area (Å²) in [5.74, 6) is -1.98. The van der Waals surface area contributed by atoms with Crippen LogP contribution >= 0.6 is 11.9 Å². The number of rotatable bonds is 8. The van der Waals surface area contributed by atoms with Crippen molar-refractivity contribution in [3.63, 3.8) is 0 Å². The minimum Gasteiger partial charge on any atom is -0.465 e. The van der Waals surface area contributed by atoms with Crippen LogP contribution in [0.25, 0.3) is 0 Å². The highest BCUT2D eigenvalue weighted by atomic mass is 32.3. The van der Waals surface area contributed by atoms with E-state index >= 15 is 0 Å². The summed E-state index contributed by atoms with van der Waals surface area (Å²) in [5, 5.41) is -4.50. The standard InChI is InChI=1S/C13H20F5N3O6S3/c14-12(15,3-9-29(23,24)19-28-13(16,17)18)30(25,26)21-6-4-20(5-7-21)10-2-1-8-27-11(10)22/h10,19H,1-9H2. The molecule has 2 rings (SSSR count). The van der Waals surface area contributed by atoms with E-state index in [1.165, 1.54) is 0 Å². The van der Waals surface area contributed by atoms with Crippen LogP contribution in [0.2, 0.25) is 0 Å². The van der Waals surface area contributed by atoms with Crippen LogP contribution in [0.15, 0.2) is 0 Å². The third-order valence-electron chi connectivity index (χ3n) is 4.52. The largest absolute Gasteiger partial charge is 0.465 e. The molecule has 17 heteroatoms. The zero-order valence-corrected chi connectivity index (χ0v) is 17.8. The van der Waals surface area contributed by atoms with Crippen LogP contribution in [0, 0.1) is 0 Å². The Balaban J connectivity index is 1.94. The van der Waals surface area contributed by atoms with Gasteiger partial charge in [-0.2, -0.15) is 30.4 Å². The summed E-state index contributed by atoms with van der Waals surface area (Å²) in [5.41, 5.74) is -4.97. The van der Waals surface area contributed by atoms with Crippen molar-refractivity contribution in [3.05, 3.63) is 0 Å². The summed E-state index contributed by atoms with van der Waals surface area (Å²) in [7, 11) is -10.1. The normalized spacial score (nSPS) is 23.4. The van der Waals surface area contributed by atoms with E-state index < -0.39 is 66.9 Å². The van der Waals surface area contributed by atoms with Gasteiger partial charge in [0.2, 0.25) is 10.0 Å². The second-order valence-corrected chi connectivity index (χ2v) is 11.6. The molecule has 2 aliphatic rings. The van der Waals surface area contributed by atoms with Crippen molar-refractivity contribution in [1.29, 1.82) is 0 Å². The average molecular weight is 506 g/mol. The Morgan fingerprint density at radius 2 is 1.67 bits per heavy atom. The Bertz CT molecular complexity index is 828. The van der Waals surface area contributed by atoms with Gasteiger partial charge in [0.25, 0.3) is 10.0 Å². The Morgan fingerprint density at radius 1 is 1.07 bits per heavy atom. The van der Waals surface area contributed by atoms with E-state index in [2.05, 4.69) is 0 Å². The van der Waals surface area contributed by atoms with Gasteiger partial charge in [0.1, 0.15) is 6.04 Å². The maximum atomic E-state index is 14.3. The lowest BCUT2D eigenvalue weighted by molar-refractivity contribution is -0.155. The summed E-state index contributed by atoms with van der Waals surface area (Å²) in [6, 6.07) is -0.577. The predicted molar refractivity (Wildman–Crippen MR) is 96.2 cm³/mol. The number of hydrogen-bond donors (Lipinski definition) is 1. The van der Waals surface area contributed by atoms with Crippen LogP contribution in [-0.2, 0) is 29.6 Å². The number of carbonyl (C=O) groups excluding carboxylic acids is 1. The third-order valence-corrected chi connectivity index (χ3v) is 8.84. The van der Waals surface area contributed by atoms with Crippen LogP contribution in [-0.4, -0.2) is 87.4 Å². The topological polar surface area (TPSA) is 113 Å². The van der Waals surface area contributed by atoms with Crippen molar-refractivity contribution < 1.29 is 48.3 Å². The first-order chi connectivity index (χ1) is 13.6. The van der Waals surface area contributed by atoms with Gasteiger partial charge in [-0.05, 0) is 12.8 Å². The second-order valence-electron chi connectivity index (χ2n) is 6.60. The van der Waals surface area contributed by atoms with E-state index in [1.807, 2.05) is 0 Å². The molecule has 9 nitrogen and oxygen atoms in total. The van der Waals surface area contributed by atoms with E-state index in [-0.39, 0.29) is 32.8 Å². The maximum Gasteiger partial charge on any atom is 0.457 e. The quantitative estimate of drug-likeness (QED) is 0.292. The molecule has 2 saturated heterocycles. The molecule has 2 fully saturated rings. The third kappa shape index (κ3) is 6.62. The molecule has 2 heterocycles. The number of piperazine rings is 1. The minimum atomic E-state index is -5.26. The zero-order chi connectivity index (χ0) is 22.8. The van der Waals surface area contributed by atoms with Gasteiger partial charge >= 0.3 is 16.7 Å². The van der Waals surface area contributed by atoms with Gasteiger partial charge in [-0.15, -0.1) is 0 Å². The van der Waals surface area contributed by atoms with Gasteiger partial charge in [0.05, 0.1) is 12.4 Å². The van der Waals surface area contributed by atoms with Crippen molar-refractivity contribution in [2.75, 3.05) is 38.5 Å². The molecule has 0 aromatic heterocycles. The van der Waals surface area contributed by atoms with E-state index in [1.54, 1.807) is 4.90 Å². The smallest absolute Gasteiger partial charge is 0.457 e. The number of halogens is 5. The summed E-state index contributed by atoms with van der Waals surface area (Å²) >= 11 is -1.15. The number of ether oxygens (including phenoxy) is 1. The first-order valence-electron chi connectivity index (χ1n) is 8.67. The summed E-state index contributed by atoms with van der Waals surface area (Å²) in [6.07, 6.45) is -0.580. The number of alkyl halides is 5. The lowest BCUT2D eigenvalue weighted by Gasteiger charge is -2.39. The van der Waals surface area contributed by atoms with Crippen LogP contribution in [0.4, 0.5) is 22.0 Å². The molecular weight excluding hydrogens is 485 g/mol. The maximum absolute atomic E-state index is 14.3. The highest BCUT2D eigenvalue weighted by Crippen LogP contribution is 2.32. The lowest BCUT2D eigenvalue weighted by Crippen LogP contribution is -2.57. The van der Waals surface area contributed by atoms with E-state index in [9.17, 15) is 43.6 Å². The van der Waals surface area contributed by atoms with Crippen molar-refractivity contribution in [1.82, 2.24) is 13.3 Å². The molecule has 1 atom stereocenters. The van der Waals surface area contributed by atoms with Crippen molar-refractivity contribution >= 4 is 38.0 Å². The van der Waals surface area contributed by atoms with Crippen molar-refractivity contribution in [2.24, 2.45) is 0 Å². The molecule has 0 radical (unpaired) electrons. The molecule has 0 bridgehead atoms. The molecule has 1 N–H and O–H groups in total. The molecule has 0 amide bonds. The highest BCUT2D eigenvalue weighted by molar-refractivity contribution is 8.09. The van der Waals surface area contributed by atoms with Gasteiger partial charge < -0.3 is 4.74 Å². The molecule has 30 heavy (non-hydrogen) atoms. The van der Waals surface area contributed by atoms with Crippen LogP contribution < -0.4 is 4.13 Å². The fourth-order valence-corrected chi connectivity index (χ4v) is 6.23. The Labute approximate surface area is 174 Å². The molecule has 1 unspecified atom stereocenters. The number of nitrogens with one attached hydrogen (secondary N) is 1. The zero-order valence-electron chi connectivity index (χ0n) is 15.4. The van der Waals surface area contributed by atoms with E-state index in [0.717, 1.165) is 4.13 Å². The first kappa shape index (κ1) is 25.5. The molecule has 0 saturated carbocycles. The molecule has 0 aromatic rings. The molecule has 0 aliphatic carbocycles. The second kappa shape index (κ2) is 9.40. The number of nitrogens with zero attached hydrogens (tertiary/aromatic N) is 2. The van der Waals surface area contributed by atoms with E-state index in [0.29, 0.717) is 17.1 Å². The molecule has 0 spiro atoms. The Hall–Kier alpha value is -0.750. The summed E-state index contributed by atoms with van der Waals surface area (Å²) in [4.78, 5) is 13.4. The average Bonchev–Trinajstić information content (AvgIpc) is 2.65. The fraction of sp³-hybridized carbons (Fsp3) is 0.923. The molecular formula is C13H20F5N3O6S3. The number of hydrogen-bond acceptors (Lipinski definition) is 8. The first-order valence-corrected chi connectivity index (χ1v) is 12.6. The van der Waals surface area contributed by atoms with Gasteiger partial charge in [-0.25, -0.2) is 16.8 Å². The summed E-state index contributed by atoms with van der Waals surface area (Å²) in [6.45, 7) is -0.420.